The number of rotatable bonds is 2. The van der Waals surface area contributed by atoms with Crippen LogP contribution in [0.1, 0.15) is 58.4 Å². The van der Waals surface area contributed by atoms with E-state index in [-0.39, 0.29) is 5.41 Å². The van der Waals surface area contributed by atoms with Gasteiger partial charge in [-0.3, -0.25) is 0 Å². The molecule has 17 heavy (non-hydrogen) atoms. The van der Waals surface area contributed by atoms with Crippen molar-refractivity contribution in [3.05, 3.63) is 18.0 Å². The summed E-state index contributed by atoms with van der Waals surface area (Å²) in [7, 11) is 0. The summed E-state index contributed by atoms with van der Waals surface area (Å²) >= 11 is 0. The fourth-order valence-electron chi connectivity index (χ4n) is 2.22. The summed E-state index contributed by atoms with van der Waals surface area (Å²) in [6.45, 7) is 6.54. The van der Waals surface area contributed by atoms with Crippen LogP contribution in [0.3, 0.4) is 0 Å². The van der Waals surface area contributed by atoms with Crippen molar-refractivity contribution in [3.8, 4) is 0 Å². The molecule has 0 amide bonds. The molecule has 94 valence electrons. The Balaban J connectivity index is 1.98. The van der Waals surface area contributed by atoms with E-state index < -0.39 is 0 Å². The Kier molecular flexibility index (Phi) is 3.65. The van der Waals surface area contributed by atoms with Crippen LogP contribution in [0.5, 0.6) is 0 Å². The molecule has 0 radical (unpaired) electrons. The minimum atomic E-state index is 0.128. The maximum atomic E-state index is 4.42. The van der Waals surface area contributed by atoms with Crippen molar-refractivity contribution in [2.24, 2.45) is 0 Å². The fourth-order valence-corrected chi connectivity index (χ4v) is 2.22. The van der Waals surface area contributed by atoms with Crippen molar-refractivity contribution >= 4 is 5.95 Å². The molecule has 1 aromatic heterocycles. The summed E-state index contributed by atoms with van der Waals surface area (Å²) in [6, 6.07) is 0.573. The van der Waals surface area contributed by atoms with E-state index in [0.717, 1.165) is 5.95 Å². The van der Waals surface area contributed by atoms with Gasteiger partial charge in [0.15, 0.2) is 0 Å². The van der Waals surface area contributed by atoms with Crippen LogP contribution in [-0.2, 0) is 5.41 Å². The number of hydrogen-bond donors (Lipinski definition) is 1. The van der Waals surface area contributed by atoms with E-state index in [1.54, 1.807) is 0 Å². The second-order valence-corrected chi connectivity index (χ2v) is 6.02. The predicted octanol–water partition coefficient (Wildman–Crippen LogP) is 3.52. The van der Waals surface area contributed by atoms with Crippen molar-refractivity contribution in [2.75, 3.05) is 5.32 Å². The zero-order chi connectivity index (χ0) is 12.3. The molecule has 1 N–H and O–H groups in total. The van der Waals surface area contributed by atoms with Gasteiger partial charge >= 0.3 is 0 Å². The Bertz CT molecular complexity index is 345. The molecule has 0 bridgehead atoms. The Hall–Kier alpha value is -1.12. The van der Waals surface area contributed by atoms with E-state index in [4.69, 9.17) is 0 Å². The Morgan fingerprint density at radius 2 is 1.65 bits per heavy atom. The van der Waals surface area contributed by atoms with Crippen molar-refractivity contribution < 1.29 is 0 Å². The number of aromatic nitrogens is 2. The van der Waals surface area contributed by atoms with E-state index in [0.29, 0.717) is 6.04 Å². The molecular weight excluding hydrogens is 210 g/mol. The highest BCUT2D eigenvalue weighted by Crippen LogP contribution is 2.22. The minimum absolute atomic E-state index is 0.128. The SMILES string of the molecule is CC(C)(C)c1cnc(NC2CCCCC2)nc1. The molecular formula is C14H23N3. The maximum Gasteiger partial charge on any atom is 0.222 e. The lowest BCUT2D eigenvalue weighted by Gasteiger charge is -2.23. The zero-order valence-electron chi connectivity index (χ0n) is 11.2. The third kappa shape index (κ3) is 3.42. The quantitative estimate of drug-likeness (QED) is 0.849. The predicted molar refractivity (Wildman–Crippen MR) is 71.2 cm³/mol. The van der Waals surface area contributed by atoms with Crippen LogP contribution in [0.2, 0.25) is 0 Å². The summed E-state index contributed by atoms with van der Waals surface area (Å²) in [4.78, 5) is 8.83. The number of nitrogens with zero attached hydrogens (tertiary/aromatic N) is 2. The van der Waals surface area contributed by atoms with Gasteiger partial charge in [0, 0.05) is 18.4 Å². The molecule has 3 nitrogen and oxygen atoms in total. The summed E-state index contributed by atoms with van der Waals surface area (Å²) in [5.74, 6) is 0.782. The maximum absolute atomic E-state index is 4.42. The van der Waals surface area contributed by atoms with Crippen LogP contribution >= 0.6 is 0 Å². The van der Waals surface area contributed by atoms with Crippen molar-refractivity contribution in [3.63, 3.8) is 0 Å². The van der Waals surface area contributed by atoms with E-state index in [9.17, 15) is 0 Å². The van der Waals surface area contributed by atoms with Crippen LogP contribution in [0.15, 0.2) is 12.4 Å². The molecule has 0 aliphatic heterocycles. The van der Waals surface area contributed by atoms with Gasteiger partial charge in [0.1, 0.15) is 0 Å². The molecule has 0 saturated heterocycles. The van der Waals surface area contributed by atoms with Gasteiger partial charge < -0.3 is 5.32 Å². The first-order valence-corrected chi connectivity index (χ1v) is 6.65. The summed E-state index contributed by atoms with van der Waals surface area (Å²) in [6.07, 6.45) is 10.4. The first kappa shape index (κ1) is 12.3. The van der Waals surface area contributed by atoms with E-state index in [1.165, 1.54) is 37.7 Å². The van der Waals surface area contributed by atoms with Gasteiger partial charge in [-0.1, -0.05) is 40.0 Å². The first-order valence-electron chi connectivity index (χ1n) is 6.65. The van der Waals surface area contributed by atoms with Crippen molar-refractivity contribution in [1.82, 2.24) is 9.97 Å². The summed E-state index contributed by atoms with van der Waals surface area (Å²) in [5.41, 5.74) is 1.32. The van der Waals surface area contributed by atoms with Crippen LogP contribution in [0.4, 0.5) is 5.95 Å². The largest absolute Gasteiger partial charge is 0.351 e. The van der Waals surface area contributed by atoms with Gasteiger partial charge in [-0.2, -0.15) is 0 Å². The molecule has 1 heterocycles. The first-order chi connectivity index (χ1) is 8.05. The average molecular weight is 233 g/mol. The standard InChI is InChI=1S/C14H23N3/c1-14(2,3)11-9-15-13(16-10-11)17-12-7-5-4-6-8-12/h9-10,12H,4-8H2,1-3H3,(H,15,16,17). The van der Waals surface area contributed by atoms with Crippen molar-refractivity contribution in [1.29, 1.82) is 0 Å². The monoisotopic (exact) mass is 233 g/mol. The van der Waals surface area contributed by atoms with Gasteiger partial charge in [0.25, 0.3) is 0 Å². The highest BCUT2D eigenvalue weighted by molar-refractivity contribution is 5.28. The summed E-state index contributed by atoms with van der Waals surface area (Å²) < 4.78 is 0. The number of anilines is 1. The number of hydrogen-bond acceptors (Lipinski definition) is 3. The third-order valence-corrected chi connectivity index (χ3v) is 3.46. The Labute approximate surface area is 104 Å². The van der Waals surface area contributed by atoms with E-state index >= 15 is 0 Å². The molecule has 0 atom stereocenters. The zero-order valence-corrected chi connectivity index (χ0v) is 11.2. The lowest BCUT2D eigenvalue weighted by molar-refractivity contribution is 0.460. The normalized spacial score (nSPS) is 18.1. The topological polar surface area (TPSA) is 37.8 Å². The van der Waals surface area contributed by atoms with Crippen LogP contribution < -0.4 is 5.32 Å². The molecule has 1 aliphatic carbocycles. The lowest BCUT2D eigenvalue weighted by atomic mass is 9.89. The molecule has 0 aromatic carbocycles. The lowest BCUT2D eigenvalue weighted by Crippen LogP contribution is -2.23. The van der Waals surface area contributed by atoms with E-state index in [2.05, 4.69) is 36.1 Å². The highest BCUT2D eigenvalue weighted by Gasteiger charge is 2.16. The second-order valence-electron chi connectivity index (χ2n) is 6.02. The van der Waals surface area contributed by atoms with Crippen LogP contribution in [0.25, 0.3) is 0 Å². The van der Waals surface area contributed by atoms with E-state index in [1.807, 2.05) is 12.4 Å². The Morgan fingerprint density at radius 1 is 1.06 bits per heavy atom. The third-order valence-electron chi connectivity index (χ3n) is 3.46. The second kappa shape index (κ2) is 5.03. The van der Waals surface area contributed by atoms with Gasteiger partial charge in [-0.05, 0) is 23.8 Å². The molecule has 1 aliphatic rings. The fraction of sp³-hybridized carbons (Fsp3) is 0.714. The summed E-state index contributed by atoms with van der Waals surface area (Å²) in [5, 5.41) is 3.44. The molecule has 0 spiro atoms. The van der Waals surface area contributed by atoms with Gasteiger partial charge in [0.2, 0.25) is 5.95 Å². The highest BCUT2D eigenvalue weighted by atomic mass is 15.1. The molecule has 1 fully saturated rings. The molecule has 1 saturated carbocycles. The smallest absolute Gasteiger partial charge is 0.222 e. The Morgan fingerprint density at radius 3 is 2.18 bits per heavy atom. The molecule has 1 aromatic rings. The minimum Gasteiger partial charge on any atom is -0.351 e. The van der Waals surface area contributed by atoms with Gasteiger partial charge in [-0.25, -0.2) is 9.97 Å². The van der Waals surface area contributed by atoms with Crippen LogP contribution in [0, 0.1) is 0 Å². The molecule has 3 heteroatoms. The molecule has 0 unspecified atom stereocenters. The van der Waals surface area contributed by atoms with Gasteiger partial charge in [0.05, 0.1) is 0 Å². The number of nitrogens with one attached hydrogen (secondary N) is 1. The molecule has 2 rings (SSSR count). The van der Waals surface area contributed by atoms with Crippen LogP contribution in [-0.4, -0.2) is 16.0 Å². The van der Waals surface area contributed by atoms with Gasteiger partial charge in [-0.15, -0.1) is 0 Å². The van der Waals surface area contributed by atoms with Crippen molar-refractivity contribution in [2.45, 2.75) is 64.3 Å². The average Bonchev–Trinajstić information content (AvgIpc) is 2.30.